The van der Waals surface area contributed by atoms with Crippen LogP contribution in [0.15, 0.2) is 30.6 Å². The molecule has 3 heterocycles. The summed E-state index contributed by atoms with van der Waals surface area (Å²) in [7, 11) is 0. The van der Waals surface area contributed by atoms with Crippen LogP contribution >= 0.6 is 0 Å². The molecule has 1 saturated heterocycles. The Morgan fingerprint density at radius 3 is 3.00 bits per heavy atom. The number of carbonyl (C=O) groups is 1. The molecule has 0 amide bonds. The summed E-state index contributed by atoms with van der Waals surface area (Å²) in [5, 5.41) is 8.11. The van der Waals surface area contributed by atoms with Gasteiger partial charge in [0.05, 0.1) is 0 Å². The first kappa shape index (κ1) is 18.2. The Hall–Kier alpha value is -2.80. The second-order valence-electron chi connectivity index (χ2n) is 8.53. The first-order valence-electron chi connectivity index (χ1n) is 10.3. The van der Waals surface area contributed by atoms with E-state index < -0.39 is 0 Å². The summed E-state index contributed by atoms with van der Waals surface area (Å²) in [6.07, 6.45) is 5.90. The Balaban J connectivity index is 1.44. The Kier molecular flexibility index (Phi) is 4.35. The molecule has 0 spiro atoms. The third-order valence-corrected chi connectivity index (χ3v) is 6.17. The molecule has 7 heteroatoms. The Morgan fingerprint density at radius 2 is 2.10 bits per heavy atom. The molecule has 7 nitrogen and oxygen atoms in total. The van der Waals surface area contributed by atoms with Crippen LogP contribution in [-0.2, 0) is 23.1 Å². The lowest BCUT2D eigenvalue weighted by atomic mass is 9.85. The Labute approximate surface area is 170 Å². The molecule has 29 heavy (non-hydrogen) atoms. The van der Waals surface area contributed by atoms with Crippen LogP contribution in [0.3, 0.4) is 0 Å². The highest BCUT2D eigenvalue weighted by Crippen LogP contribution is 2.36. The minimum atomic E-state index is -0.377. The second kappa shape index (κ2) is 6.91. The van der Waals surface area contributed by atoms with Gasteiger partial charge in [0.25, 0.3) is 0 Å². The van der Waals surface area contributed by atoms with Gasteiger partial charge < -0.3 is 10.2 Å². The van der Waals surface area contributed by atoms with Gasteiger partial charge in [-0.3, -0.25) is 4.79 Å². The van der Waals surface area contributed by atoms with E-state index >= 15 is 0 Å². The molecule has 150 valence electrons. The van der Waals surface area contributed by atoms with Crippen molar-refractivity contribution in [3.8, 4) is 0 Å². The van der Waals surface area contributed by atoms with E-state index in [4.69, 9.17) is 4.98 Å². The van der Waals surface area contributed by atoms with E-state index in [0.717, 1.165) is 66.6 Å². The van der Waals surface area contributed by atoms with Gasteiger partial charge in [-0.05, 0) is 43.5 Å². The predicted octanol–water partition coefficient (Wildman–Crippen LogP) is 1.92. The fourth-order valence-corrected chi connectivity index (χ4v) is 4.44. The zero-order valence-corrected chi connectivity index (χ0v) is 17.0. The molecule has 1 aliphatic heterocycles. The summed E-state index contributed by atoms with van der Waals surface area (Å²) in [5.41, 5.74) is 3.86. The number of ketones is 1. The van der Waals surface area contributed by atoms with Crippen LogP contribution in [-0.4, -0.2) is 51.5 Å². The minimum Gasteiger partial charge on any atom is -0.352 e. The fourth-order valence-electron chi connectivity index (χ4n) is 4.44. The van der Waals surface area contributed by atoms with Gasteiger partial charge in [-0.1, -0.05) is 18.2 Å². The van der Waals surface area contributed by atoms with E-state index in [9.17, 15) is 4.79 Å². The molecule has 0 atom stereocenters. The van der Waals surface area contributed by atoms with E-state index in [2.05, 4.69) is 38.5 Å². The summed E-state index contributed by atoms with van der Waals surface area (Å²) in [5.74, 6) is 1.96. The Bertz CT molecular complexity index is 1080. The molecular weight excluding hydrogens is 364 g/mol. The standard InChI is InChI=1S/C22H26N6O/c1-22(2)17-5-4-15(12-16(17)14-18(22)29)13-19-25-21-20(24-8-11-28(21)26-19)27-9-3-6-23-7-10-27/h4-5,8,11-12,23H,3,6-7,9-10,13-14H2,1-2H3. The highest BCUT2D eigenvalue weighted by molar-refractivity contribution is 5.95. The van der Waals surface area contributed by atoms with Gasteiger partial charge >= 0.3 is 0 Å². The van der Waals surface area contributed by atoms with Crippen molar-refractivity contribution in [1.29, 1.82) is 0 Å². The summed E-state index contributed by atoms with van der Waals surface area (Å²) >= 11 is 0. The molecule has 3 aromatic rings. The number of nitrogens with one attached hydrogen (secondary N) is 1. The average Bonchev–Trinajstić information content (AvgIpc) is 3.05. The Morgan fingerprint density at radius 1 is 1.21 bits per heavy atom. The molecular formula is C22H26N6O. The van der Waals surface area contributed by atoms with E-state index in [1.165, 1.54) is 0 Å². The quantitative estimate of drug-likeness (QED) is 0.736. The molecule has 2 aliphatic rings. The number of Topliss-reactive ketones (excluding diaryl/α,β-unsaturated/α-hetero) is 1. The number of nitrogens with zero attached hydrogens (tertiary/aromatic N) is 5. The third-order valence-electron chi connectivity index (χ3n) is 6.17. The normalized spacial score (nSPS) is 18.8. The van der Waals surface area contributed by atoms with Crippen molar-refractivity contribution in [3.63, 3.8) is 0 Å². The smallest absolute Gasteiger partial charge is 0.198 e. The zero-order valence-electron chi connectivity index (χ0n) is 17.0. The maximum absolute atomic E-state index is 12.3. The molecule has 0 saturated carbocycles. The van der Waals surface area contributed by atoms with Crippen LogP contribution in [0.1, 0.15) is 42.8 Å². The lowest BCUT2D eigenvalue weighted by Gasteiger charge is -2.20. The van der Waals surface area contributed by atoms with Crippen LogP contribution in [0.4, 0.5) is 5.82 Å². The van der Waals surface area contributed by atoms with Crippen molar-refractivity contribution in [2.24, 2.45) is 0 Å². The maximum atomic E-state index is 12.3. The average molecular weight is 390 g/mol. The molecule has 1 aliphatic carbocycles. The van der Waals surface area contributed by atoms with Crippen LogP contribution in [0.25, 0.3) is 5.65 Å². The maximum Gasteiger partial charge on any atom is 0.198 e. The zero-order chi connectivity index (χ0) is 20.0. The van der Waals surface area contributed by atoms with Crippen LogP contribution in [0, 0.1) is 0 Å². The van der Waals surface area contributed by atoms with Gasteiger partial charge in [-0.25, -0.2) is 14.5 Å². The number of fused-ring (bicyclic) bond motifs is 2. The lowest BCUT2D eigenvalue weighted by molar-refractivity contribution is -0.121. The highest BCUT2D eigenvalue weighted by Gasteiger charge is 2.37. The molecule has 0 unspecified atom stereocenters. The number of hydrogen-bond acceptors (Lipinski definition) is 6. The number of rotatable bonds is 3. The van der Waals surface area contributed by atoms with Crippen molar-refractivity contribution >= 4 is 17.2 Å². The molecule has 1 N–H and O–H groups in total. The largest absolute Gasteiger partial charge is 0.352 e. The molecule has 1 fully saturated rings. The summed E-state index contributed by atoms with van der Waals surface area (Å²) < 4.78 is 1.83. The van der Waals surface area contributed by atoms with E-state index in [1.807, 2.05) is 24.6 Å². The van der Waals surface area contributed by atoms with E-state index in [1.54, 1.807) is 6.20 Å². The summed E-state index contributed by atoms with van der Waals surface area (Å²) in [6, 6.07) is 6.35. The number of carbonyl (C=O) groups excluding carboxylic acids is 1. The predicted molar refractivity (Wildman–Crippen MR) is 111 cm³/mol. The number of anilines is 1. The van der Waals surface area contributed by atoms with Gasteiger partial charge in [-0.2, -0.15) is 5.10 Å². The monoisotopic (exact) mass is 390 g/mol. The lowest BCUT2D eigenvalue weighted by Crippen LogP contribution is -2.29. The molecule has 0 radical (unpaired) electrons. The number of benzene rings is 1. The van der Waals surface area contributed by atoms with E-state index in [0.29, 0.717) is 12.8 Å². The minimum absolute atomic E-state index is 0.290. The van der Waals surface area contributed by atoms with Crippen molar-refractivity contribution in [1.82, 2.24) is 24.9 Å². The van der Waals surface area contributed by atoms with Gasteiger partial charge in [0.15, 0.2) is 17.3 Å². The first-order valence-corrected chi connectivity index (χ1v) is 10.3. The van der Waals surface area contributed by atoms with Crippen LogP contribution < -0.4 is 10.2 Å². The van der Waals surface area contributed by atoms with Gasteiger partial charge in [-0.15, -0.1) is 0 Å². The van der Waals surface area contributed by atoms with Crippen molar-refractivity contribution < 1.29 is 4.79 Å². The van der Waals surface area contributed by atoms with Crippen molar-refractivity contribution in [3.05, 3.63) is 53.1 Å². The van der Waals surface area contributed by atoms with E-state index in [-0.39, 0.29) is 11.2 Å². The van der Waals surface area contributed by atoms with Crippen LogP contribution in [0.5, 0.6) is 0 Å². The van der Waals surface area contributed by atoms with Gasteiger partial charge in [0.2, 0.25) is 0 Å². The van der Waals surface area contributed by atoms with Crippen LogP contribution in [0.2, 0.25) is 0 Å². The second-order valence-corrected chi connectivity index (χ2v) is 8.53. The molecule has 0 bridgehead atoms. The van der Waals surface area contributed by atoms with Gasteiger partial charge in [0.1, 0.15) is 5.78 Å². The van der Waals surface area contributed by atoms with Crippen molar-refractivity contribution in [2.45, 2.75) is 38.5 Å². The fraction of sp³-hybridized carbons (Fsp3) is 0.455. The molecule has 2 aromatic heterocycles. The van der Waals surface area contributed by atoms with Crippen molar-refractivity contribution in [2.75, 3.05) is 31.1 Å². The summed E-state index contributed by atoms with van der Waals surface area (Å²) in [4.78, 5) is 24.0. The topological polar surface area (TPSA) is 75.4 Å². The van der Waals surface area contributed by atoms with Gasteiger partial charge in [0, 0.05) is 50.3 Å². The highest BCUT2D eigenvalue weighted by atomic mass is 16.1. The first-order chi connectivity index (χ1) is 14.0. The SMILES string of the molecule is CC1(C)C(=O)Cc2cc(Cc3nc4c(N5CCCNCC5)nccn4n3)ccc21. The molecule has 5 rings (SSSR count). The third kappa shape index (κ3) is 3.19. The molecule has 1 aromatic carbocycles. The number of hydrogen-bond donors (Lipinski definition) is 1. The number of aromatic nitrogens is 4. The summed E-state index contributed by atoms with van der Waals surface area (Å²) in [6.45, 7) is 7.90.